The molecule has 0 unspecified atom stereocenters. The number of halogens is 1. The molecule has 0 saturated heterocycles. The largest absolute Gasteiger partial charge is 0.347 e. The third kappa shape index (κ3) is 5.73. The molecule has 2 aromatic carbocycles. The average Bonchev–Trinajstić information content (AvgIpc) is 2.66. The Bertz CT molecular complexity index is 959. The van der Waals surface area contributed by atoms with E-state index in [1.165, 1.54) is 9.87 Å². The van der Waals surface area contributed by atoms with Gasteiger partial charge in [-0.05, 0) is 67.6 Å². The minimum atomic E-state index is -3.68. The summed E-state index contributed by atoms with van der Waals surface area (Å²) in [5.41, 5.74) is 3.77. The molecular weight excluding hydrogens is 408 g/mol. The second kappa shape index (κ2) is 9.63. The van der Waals surface area contributed by atoms with Crippen LogP contribution >= 0.6 is 11.6 Å². The standard InChI is InChI=1S/C22H29ClN2O3S/c1-6-20(17-9-8-15(3)16(4)14-17)24-22(26)21(7-2)25(29(5,27)28)19-12-10-18(23)11-13-19/h8-14,20-21H,6-7H2,1-5H3,(H,24,26)/t20-,21+/m1/s1. The molecule has 2 aromatic rings. The van der Waals surface area contributed by atoms with Gasteiger partial charge in [-0.15, -0.1) is 0 Å². The summed E-state index contributed by atoms with van der Waals surface area (Å²) in [6.45, 7) is 7.87. The van der Waals surface area contributed by atoms with Crippen LogP contribution in [0, 0.1) is 13.8 Å². The van der Waals surface area contributed by atoms with Gasteiger partial charge in [-0.2, -0.15) is 0 Å². The zero-order valence-electron chi connectivity index (χ0n) is 17.6. The van der Waals surface area contributed by atoms with Gasteiger partial charge in [0, 0.05) is 5.02 Å². The normalized spacial score (nSPS) is 13.6. The molecule has 0 fully saturated rings. The summed E-state index contributed by atoms with van der Waals surface area (Å²) >= 11 is 5.94. The molecule has 0 aliphatic carbocycles. The maximum absolute atomic E-state index is 13.2. The predicted molar refractivity (Wildman–Crippen MR) is 120 cm³/mol. The second-order valence-corrected chi connectivity index (χ2v) is 9.57. The molecule has 158 valence electrons. The van der Waals surface area contributed by atoms with E-state index >= 15 is 0 Å². The number of carbonyl (C=O) groups is 1. The Balaban J connectivity index is 2.34. The van der Waals surface area contributed by atoms with Crippen molar-refractivity contribution in [2.45, 2.75) is 52.6 Å². The fraction of sp³-hybridized carbons (Fsp3) is 0.409. The lowest BCUT2D eigenvalue weighted by Crippen LogP contribution is -2.50. The third-order valence-corrected chi connectivity index (χ3v) is 6.50. The Morgan fingerprint density at radius 3 is 2.14 bits per heavy atom. The lowest BCUT2D eigenvalue weighted by atomic mass is 9.99. The van der Waals surface area contributed by atoms with Gasteiger partial charge < -0.3 is 5.32 Å². The van der Waals surface area contributed by atoms with Crippen LogP contribution < -0.4 is 9.62 Å². The minimum absolute atomic E-state index is 0.192. The molecule has 2 atom stereocenters. The van der Waals surface area contributed by atoms with E-state index in [1.807, 2.05) is 32.9 Å². The molecule has 0 aromatic heterocycles. The maximum atomic E-state index is 13.2. The molecule has 0 aliphatic rings. The first kappa shape index (κ1) is 23.2. The molecule has 0 radical (unpaired) electrons. The van der Waals surface area contributed by atoms with Crippen LogP contribution in [0.15, 0.2) is 42.5 Å². The van der Waals surface area contributed by atoms with Crippen molar-refractivity contribution in [1.29, 1.82) is 0 Å². The number of hydrogen-bond donors (Lipinski definition) is 1. The number of hydrogen-bond acceptors (Lipinski definition) is 3. The number of nitrogens with zero attached hydrogens (tertiary/aromatic N) is 1. The Morgan fingerprint density at radius 1 is 1.03 bits per heavy atom. The number of anilines is 1. The van der Waals surface area contributed by atoms with Crippen LogP contribution in [-0.2, 0) is 14.8 Å². The molecule has 1 N–H and O–H groups in total. The molecule has 0 aliphatic heterocycles. The summed E-state index contributed by atoms with van der Waals surface area (Å²) in [6, 6.07) is 11.5. The quantitative estimate of drug-likeness (QED) is 0.648. The summed E-state index contributed by atoms with van der Waals surface area (Å²) in [7, 11) is -3.68. The predicted octanol–water partition coefficient (Wildman–Crippen LogP) is 4.77. The highest BCUT2D eigenvalue weighted by Gasteiger charge is 2.32. The zero-order valence-corrected chi connectivity index (χ0v) is 19.1. The second-order valence-electron chi connectivity index (χ2n) is 7.27. The first-order valence-electron chi connectivity index (χ1n) is 9.71. The number of nitrogens with one attached hydrogen (secondary N) is 1. The summed E-state index contributed by atoms with van der Waals surface area (Å²) in [5, 5.41) is 3.54. The Labute approximate surface area is 179 Å². The zero-order chi connectivity index (χ0) is 21.8. The number of rotatable bonds is 8. The first-order valence-corrected chi connectivity index (χ1v) is 11.9. The Morgan fingerprint density at radius 2 is 1.66 bits per heavy atom. The third-order valence-electron chi connectivity index (χ3n) is 5.07. The molecule has 1 amide bonds. The summed E-state index contributed by atoms with van der Waals surface area (Å²) in [6.07, 6.45) is 2.15. The first-order chi connectivity index (χ1) is 13.6. The van der Waals surface area contributed by atoms with Crippen LogP contribution in [0.25, 0.3) is 0 Å². The molecule has 2 rings (SSSR count). The van der Waals surface area contributed by atoms with Gasteiger partial charge in [0.25, 0.3) is 0 Å². The van der Waals surface area contributed by atoms with Gasteiger partial charge in [0.05, 0.1) is 18.0 Å². The monoisotopic (exact) mass is 436 g/mol. The Hall–Kier alpha value is -2.05. The van der Waals surface area contributed by atoms with Gasteiger partial charge in [0.2, 0.25) is 15.9 Å². The van der Waals surface area contributed by atoms with Gasteiger partial charge >= 0.3 is 0 Å². The van der Waals surface area contributed by atoms with Crippen molar-refractivity contribution in [3.05, 3.63) is 64.2 Å². The molecular formula is C22H29ClN2O3S. The lowest BCUT2D eigenvalue weighted by Gasteiger charge is -2.31. The van der Waals surface area contributed by atoms with Crippen molar-refractivity contribution in [2.24, 2.45) is 0 Å². The van der Waals surface area contributed by atoms with E-state index in [0.29, 0.717) is 23.6 Å². The highest BCUT2D eigenvalue weighted by atomic mass is 35.5. The fourth-order valence-electron chi connectivity index (χ4n) is 3.32. The SMILES string of the molecule is CC[C@@H](NC(=O)[C@H](CC)N(c1ccc(Cl)cc1)S(C)(=O)=O)c1ccc(C)c(C)c1. The molecule has 0 spiro atoms. The van der Waals surface area contributed by atoms with E-state index in [9.17, 15) is 13.2 Å². The van der Waals surface area contributed by atoms with Crippen LogP contribution in [0.5, 0.6) is 0 Å². The van der Waals surface area contributed by atoms with E-state index in [2.05, 4.69) is 11.4 Å². The number of sulfonamides is 1. The van der Waals surface area contributed by atoms with Gasteiger partial charge in [-0.25, -0.2) is 8.42 Å². The number of aryl methyl sites for hydroxylation is 2. The molecule has 0 bridgehead atoms. The molecule has 0 heterocycles. The van der Waals surface area contributed by atoms with E-state index in [-0.39, 0.29) is 11.9 Å². The van der Waals surface area contributed by atoms with Crippen molar-refractivity contribution in [2.75, 3.05) is 10.6 Å². The molecule has 29 heavy (non-hydrogen) atoms. The van der Waals surface area contributed by atoms with Gasteiger partial charge in [-0.3, -0.25) is 9.10 Å². The summed E-state index contributed by atoms with van der Waals surface area (Å²) in [4.78, 5) is 13.2. The number of benzene rings is 2. The molecule has 7 heteroatoms. The van der Waals surface area contributed by atoms with E-state index in [1.54, 1.807) is 31.2 Å². The van der Waals surface area contributed by atoms with Crippen LogP contribution in [0.4, 0.5) is 5.69 Å². The number of carbonyl (C=O) groups excluding carboxylic acids is 1. The maximum Gasteiger partial charge on any atom is 0.244 e. The smallest absolute Gasteiger partial charge is 0.244 e. The van der Waals surface area contributed by atoms with Crippen LogP contribution in [0.3, 0.4) is 0 Å². The van der Waals surface area contributed by atoms with Gasteiger partial charge in [-0.1, -0.05) is 43.6 Å². The van der Waals surface area contributed by atoms with Crippen LogP contribution in [-0.4, -0.2) is 26.6 Å². The molecule has 5 nitrogen and oxygen atoms in total. The molecule has 0 saturated carbocycles. The highest BCUT2D eigenvalue weighted by molar-refractivity contribution is 7.92. The lowest BCUT2D eigenvalue weighted by molar-refractivity contribution is -0.123. The van der Waals surface area contributed by atoms with E-state index in [4.69, 9.17) is 11.6 Å². The highest BCUT2D eigenvalue weighted by Crippen LogP contribution is 2.26. The van der Waals surface area contributed by atoms with Crippen molar-refractivity contribution in [1.82, 2.24) is 5.32 Å². The van der Waals surface area contributed by atoms with Crippen LogP contribution in [0.2, 0.25) is 5.02 Å². The topological polar surface area (TPSA) is 66.5 Å². The van der Waals surface area contributed by atoms with E-state index in [0.717, 1.165) is 17.4 Å². The van der Waals surface area contributed by atoms with E-state index < -0.39 is 16.1 Å². The minimum Gasteiger partial charge on any atom is -0.347 e. The number of amides is 1. The summed E-state index contributed by atoms with van der Waals surface area (Å²) < 4.78 is 26.3. The van der Waals surface area contributed by atoms with Crippen molar-refractivity contribution in [3.8, 4) is 0 Å². The van der Waals surface area contributed by atoms with Crippen molar-refractivity contribution < 1.29 is 13.2 Å². The van der Waals surface area contributed by atoms with Gasteiger partial charge in [0.1, 0.15) is 6.04 Å². The summed E-state index contributed by atoms with van der Waals surface area (Å²) in [5.74, 6) is -0.321. The van der Waals surface area contributed by atoms with Crippen LogP contribution in [0.1, 0.15) is 49.4 Å². The van der Waals surface area contributed by atoms with Crippen molar-refractivity contribution >= 4 is 33.2 Å². The fourth-order valence-corrected chi connectivity index (χ4v) is 4.66. The Kier molecular flexibility index (Phi) is 7.72. The average molecular weight is 437 g/mol. The van der Waals surface area contributed by atoms with Gasteiger partial charge in [0.15, 0.2) is 0 Å². The van der Waals surface area contributed by atoms with Crippen molar-refractivity contribution in [3.63, 3.8) is 0 Å².